The van der Waals surface area contributed by atoms with Crippen molar-refractivity contribution in [3.8, 4) is 0 Å². The summed E-state index contributed by atoms with van der Waals surface area (Å²) in [5.41, 5.74) is 6.48. The highest BCUT2D eigenvalue weighted by Crippen LogP contribution is 2.10. The maximum atomic E-state index is 10.9. The molecule has 0 aliphatic rings. The van der Waals surface area contributed by atoms with Crippen molar-refractivity contribution in [3.63, 3.8) is 0 Å². The number of pyridine rings is 1. The van der Waals surface area contributed by atoms with Crippen molar-refractivity contribution < 1.29 is 0 Å². The molecule has 3 heteroatoms. The third kappa shape index (κ3) is 2.07. The number of hydrogen-bond acceptors (Lipinski definition) is 2. The molecular weight excluding hydrogens is 152 g/mol. The molecule has 1 rings (SSSR count). The minimum atomic E-state index is -0.121. The quantitative estimate of drug-likeness (QED) is 0.653. The van der Waals surface area contributed by atoms with Gasteiger partial charge in [0, 0.05) is 18.3 Å². The van der Waals surface area contributed by atoms with E-state index in [4.69, 9.17) is 5.73 Å². The number of rotatable bonds is 3. The fourth-order valence-electron chi connectivity index (χ4n) is 1.01. The number of nitrogens with two attached hydrogens (primary N) is 1. The molecule has 64 valence electrons. The van der Waals surface area contributed by atoms with E-state index in [1.54, 1.807) is 18.3 Å². The van der Waals surface area contributed by atoms with E-state index in [2.05, 4.69) is 11.6 Å². The normalized spacial score (nSPS) is 12.4. The summed E-state index contributed by atoms with van der Waals surface area (Å²) >= 11 is 0. The Hall–Kier alpha value is -1.35. The van der Waals surface area contributed by atoms with Crippen LogP contribution >= 0.6 is 0 Å². The molecule has 1 aromatic rings. The van der Waals surface area contributed by atoms with E-state index in [1.165, 1.54) is 6.07 Å². The van der Waals surface area contributed by atoms with Gasteiger partial charge in [-0.1, -0.05) is 6.08 Å². The molecule has 12 heavy (non-hydrogen) atoms. The van der Waals surface area contributed by atoms with Crippen molar-refractivity contribution in [3.05, 3.63) is 46.9 Å². The van der Waals surface area contributed by atoms with E-state index in [-0.39, 0.29) is 11.6 Å². The standard InChI is InChI=1S/C9H12N2O/c1-2-3-8(10)7-4-5-11-9(12)6-7/h2,4-6,8H,1,3,10H2,(H,11,12)/t8-/m1/s1. The zero-order valence-electron chi connectivity index (χ0n) is 6.79. The smallest absolute Gasteiger partial charge is 0.248 e. The average molecular weight is 164 g/mol. The van der Waals surface area contributed by atoms with E-state index >= 15 is 0 Å². The number of H-pyrrole nitrogens is 1. The van der Waals surface area contributed by atoms with Crippen molar-refractivity contribution in [1.29, 1.82) is 0 Å². The summed E-state index contributed by atoms with van der Waals surface area (Å²) < 4.78 is 0. The SMILES string of the molecule is C=CC[C@@H](N)c1cc[nH]c(=O)c1. The molecule has 1 aromatic heterocycles. The first-order valence-electron chi connectivity index (χ1n) is 3.79. The zero-order valence-corrected chi connectivity index (χ0v) is 6.79. The number of aromatic nitrogens is 1. The van der Waals surface area contributed by atoms with Gasteiger partial charge in [0.25, 0.3) is 0 Å². The first kappa shape index (κ1) is 8.74. The molecule has 0 aliphatic heterocycles. The van der Waals surface area contributed by atoms with Gasteiger partial charge in [-0.2, -0.15) is 0 Å². The maximum Gasteiger partial charge on any atom is 0.248 e. The Balaban J connectivity index is 2.87. The molecule has 1 atom stereocenters. The van der Waals surface area contributed by atoms with Crippen LogP contribution < -0.4 is 11.3 Å². The molecule has 3 N–H and O–H groups in total. The Morgan fingerprint density at radius 3 is 3.08 bits per heavy atom. The van der Waals surface area contributed by atoms with Crippen LogP contribution in [-0.2, 0) is 0 Å². The van der Waals surface area contributed by atoms with E-state index in [1.807, 2.05) is 0 Å². The molecule has 0 saturated heterocycles. The van der Waals surface area contributed by atoms with Gasteiger partial charge in [-0.25, -0.2) is 0 Å². The van der Waals surface area contributed by atoms with Crippen LogP contribution in [0, 0.1) is 0 Å². The van der Waals surface area contributed by atoms with Crippen LogP contribution in [0.2, 0.25) is 0 Å². The topological polar surface area (TPSA) is 58.9 Å². The van der Waals surface area contributed by atoms with Gasteiger partial charge in [0.05, 0.1) is 0 Å². The van der Waals surface area contributed by atoms with Gasteiger partial charge in [-0.15, -0.1) is 6.58 Å². The second-order valence-electron chi connectivity index (χ2n) is 2.62. The second-order valence-corrected chi connectivity index (χ2v) is 2.62. The predicted molar refractivity (Wildman–Crippen MR) is 48.8 cm³/mol. The third-order valence-electron chi connectivity index (χ3n) is 1.65. The van der Waals surface area contributed by atoms with Crippen LogP contribution in [0.4, 0.5) is 0 Å². The molecule has 0 fully saturated rings. The van der Waals surface area contributed by atoms with E-state index in [9.17, 15) is 4.79 Å². The van der Waals surface area contributed by atoms with Crippen LogP contribution in [0.25, 0.3) is 0 Å². The molecule has 0 bridgehead atoms. The first-order valence-corrected chi connectivity index (χ1v) is 3.79. The summed E-state index contributed by atoms with van der Waals surface area (Å²) in [6.07, 6.45) is 4.02. The Labute approximate surface area is 70.9 Å². The minimum Gasteiger partial charge on any atom is -0.329 e. The number of hydrogen-bond donors (Lipinski definition) is 2. The monoisotopic (exact) mass is 164 g/mol. The second kappa shape index (κ2) is 3.88. The van der Waals surface area contributed by atoms with E-state index in [0.717, 1.165) is 5.56 Å². The lowest BCUT2D eigenvalue weighted by molar-refractivity contribution is 0.738. The summed E-state index contributed by atoms with van der Waals surface area (Å²) in [4.78, 5) is 13.4. The largest absolute Gasteiger partial charge is 0.329 e. The summed E-state index contributed by atoms with van der Waals surface area (Å²) in [5.74, 6) is 0. The summed E-state index contributed by atoms with van der Waals surface area (Å²) in [6.45, 7) is 3.58. The van der Waals surface area contributed by atoms with E-state index in [0.29, 0.717) is 6.42 Å². The van der Waals surface area contributed by atoms with Crippen molar-refractivity contribution in [1.82, 2.24) is 4.98 Å². The zero-order chi connectivity index (χ0) is 8.97. The van der Waals surface area contributed by atoms with Crippen molar-refractivity contribution in [2.45, 2.75) is 12.5 Å². The van der Waals surface area contributed by atoms with Gasteiger partial charge in [-0.05, 0) is 18.1 Å². The minimum absolute atomic E-state index is 0.119. The molecule has 3 nitrogen and oxygen atoms in total. The van der Waals surface area contributed by atoms with Crippen LogP contribution in [0.15, 0.2) is 35.8 Å². The van der Waals surface area contributed by atoms with Crippen LogP contribution in [-0.4, -0.2) is 4.98 Å². The highest BCUT2D eigenvalue weighted by Gasteiger charge is 2.02. The van der Waals surface area contributed by atoms with Gasteiger partial charge < -0.3 is 10.7 Å². The summed E-state index contributed by atoms with van der Waals surface area (Å²) in [6, 6.07) is 3.19. The molecule has 0 unspecified atom stereocenters. The molecule has 0 saturated carbocycles. The average Bonchev–Trinajstić information content (AvgIpc) is 2.05. The Morgan fingerprint density at radius 1 is 1.75 bits per heavy atom. The summed E-state index contributed by atoms with van der Waals surface area (Å²) in [5, 5.41) is 0. The lowest BCUT2D eigenvalue weighted by Crippen LogP contribution is -2.13. The lowest BCUT2D eigenvalue weighted by atomic mass is 10.1. The van der Waals surface area contributed by atoms with Crippen LogP contribution in [0.5, 0.6) is 0 Å². The fraction of sp³-hybridized carbons (Fsp3) is 0.222. The molecule has 0 aliphatic carbocycles. The summed E-state index contributed by atoms with van der Waals surface area (Å²) in [7, 11) is 0. The van der Waals surface area contributed by atoms with Crippen molar-refractivity contribution in [2.75, 3.05) is 0 Å². The molecule has 0 aromatic carbocycles. The van der Waals surface area contributed by atoms with Gasteiger partial charge in [0.15, 0.2) is 0 Å². The Morgan fingerprint density at radius 2 is 2.50 bits per heavy atom. The molecule has 0 spiro atoms. The number of aromatic amines is 1. The maximum absolute atomic E-state index is 10.9. The van der Waals surface area contributed by atoms with Gasteiger partial charge >= 0.3 is 0 Å². The van der Waals surface area contributed by atoms with E-state index < -0.39 is 0 Å². The predicted octanol–water partition coefficient (Wildman–Crippen LogP) is 0.951. The molecule has 1 heterocycles. The highest BCUT2D eigenvalue weighted by molar-refractivity contribution is 5.15. The van der Waals surface area contributed by atoms with Crippen molar-refractivity contribution >= 4 is 0 Å². The first-order chi connectivity index (χ1) is 5.74. The van der Waals surface area contributed by atoms with Crippen molar-refractivity contribution in [2.24, 2.45) is 5.73 Å². The fourth-order valence-corrected chi connectivity index (χ4v) is 1.01. The van der Waals surface area contributed by atoms with Crippen LogP contribution in [0.3, 0.4) is 0 Å². The number of nitrogens with one attached hydrogen (secondary N) is 1. The molecule has 0 amide bonds. The highest BCUT2D eigenvalue weighted by atomic mass is 16.1. The Kier molecular flexibility index (Phi) is 2.82. The molecular formula is C9H12N2O. The Bertz CT molecular complexity index is 316. The lowest BCUT2D eigenvalue weighted by Gasteiger charge is -2.07. The molecule has 0 radical (unpaired) electrons. The van der Waals surface area contributed by atoms with Gasteiger partial charge in [0.1, 0.15) is 0 Å². The third-order valence-corrected chi connectivity index (χ3v) is 1.65. The van der Waals surface area contributed by atoms with Gasteiger partial charge in [-0.3, -0.25) is 4.79 Å². The van der Waals surface area contributed by atoms with Gasteiger partial charge in [0.2, 0.25) is 5.56 Å². The van der Waals surface area contributed by atoms with Crippen LogP contribution in [0.1, 0.15) is 18.0 Å².